The van der Waals surface area contributed by atoms with Crippen molar-refractivity contribution in [2.45, 2.75) is 90.5 Å². The van der Waals surface area contributed by atoms with E-state index in [0.29, 0.717) is 18.0 Å². The molecule has 2 saturated heterocycles. The van der Waals surface area contributed by atoms with Crippen LogP contribution in [-0.2, 0) is 35.1 Å². The highest BCUT2D eigenvalue weighted by molar-refractivity contribution is 6.03. The van der Waals surface area contributed by atoms with Crippen LogP contribution >= 0.6 is 0 Å². The van der Waals surface area contributed by atoms with Crippen molar-refractivity contribution < 1.29 is 53.9 Å². The number of hydrogen-bond acceptors (Lipinski definition) is 10. The van der Waals surface area contributed by atoms with Crippen LogP contribution < -0.4 is 15.4 Å². The lowest BCUT2D eigenvalue weighted by atomic mass is 9.94. The van der Waals surface area contributed by atoms with E-state index in [1.54, 1.807) is 12.1 Å². The molecule has 2 fully saturated rings. The zero-order valence-corrected chi connectivity index (χ0v) is 25.4. The van der Waals surface area contributed by atoms with Crippen LogP contribution in [0.2, 0.25) is 0 Å². The predicted octanol–water partition coefficient (Wildman–Crippen LogP) is 0.412. The molecular formula is C30H43N3O11. The summed E-state index contributed by atoms with van der Waals surface area (Å²) in [7, 11) is 0. The van der Waals surface area contributed by atoms with E-state index in [9.17, 15) is 44.4 Å². The number of carboxylic acids is 1. The molecule has 0 aliphatic carbocycles. The summed E-state index contributed by atoms with van der Waals surface area (Å²) in [6, 6.07) is 4.73. The lowest BCUT2D eigenvalue weighted by Crippen LogP contribution is -2.61. The first-order valence-electron chi connectivity index (χ1n) is 14.8. The van der Waals surface area contributed by atoms with Gasteiger partial charge < -0.3 is 40.5 Å². The quantitative estimate of drug-likeness (QED) is 0.157. The van der Waals surface area contributed by atoms with Crippen molar-refractivity contribution in [1.29, 1.82) is 0 Å². The van der Waals surface area contributed by atoms with E-state index in [-0.39, 0.29) is 61.8 Å². The monoisotopic (exact) mass is 621 g/mol. The van der Waals surface area contributed by atoms with E-state index in [4.69, 9.17) is 9.47 Å². The number of aliphatic carboxylic acids is 1. The normalized spacial score (nSPS) is 25.4. The fourth-order valence-corrected chi connectivity index (χ4v) is 4.99. The molecule has 3 rings (SSSR count). The number of imide groups is 1. The first-order valence-corrected chi connectivity index (χ1v) is 14.8. The number of carboxylic acid groups (broad SMARTS) is 1. The molecule has 6 N–H and O–H groups in total. The molecular weight excluding hydrogens is 578 g/mol. The van der Waals surface area contributed by atoms with Gasteiger partial charge in [-0.25, -0.2) is 4.79 Å². The minimum atomic E-state index is -1.86. The SMILES string of the molecule is CC(C)CCc1ccc(OC2OC(C(=O)O)C(O)C(O)C2O)cc1NC(=O)CCNC(=O)CCN1C(=O)CC(C(C)C)C1=O. The molecule has 6 atom stereocenters. The number of aliphatic hydroxyl groups is 3. The molecule has 4 amide bonds. The molecule has 6 unspecified atom stereocenters. The van der Waals surface area contributed by atoms with Crippen molar-refractivity contribution in [3.05, 3.63) is 23.8 Å². The van der Waals surface area contributed by atoms with Gasteiger partial charge in [0.2, 0.25) is 29.9 Å². The summed E-state index contributed by atoms with van der Waals surface area (Å²) in [5.74, 6) is -2.79. The Morgan fingerprint density at radius 3 is 2.34 bits per heavy atom. The highest BCUT2D eigenvalue weighted by atomic mass is 16.7. The maximum absolute atomic E-state index is 12.8. The Hall–Kier alpha value is -3.59. The number of aliphatic hydroxyl groups excluding tert-OH is 3. The number of amides is 4. The summed E-state index contributed by atoms with van der Waals surface area (Å²) >= 11 is 0. The third kappa shape index (κ3) is 8.97. The van der Waals surface area contributed by atoms with Gasteiger partial charge in [0.15, 0.2) is 6.10 Å². The molecule has 2 heterocycles. The molecule has 14 heteroatoms. The Morgan fingerprint density at radius 2 is 1.73 bits per heavy atom. The number of ether oxygens (including phenoxy) is 2. The van der Waals surface area contributed by atoms with Crippen molar-refractivity contribution in [3.8, 4) is 5.75 Å². The third-order valence-corrected chi connectivity index (χ3v) is 7.73. The van der Waals surface area contributed by atoms with Crippen LogP contribution in [0.15, 0.2) is 18.2 Å². The molecule has 1 aromatic carbocycles. The lowest BCUT2D eigenvalue weighted by Gasteiger charge is -2.38. The number of rotatable bonds is 14. The number of hydrogen-bond donors (Lipinski definition) is 6. The van der Waals surface area contributed by atoms with Gasteiger partial charge in [-0.2, -0.15) is 0 Å². The molecule has 14 nitrogen and oxygen atoms in total. The van der Waals surface area contributed by atoms with Crippen molar-refractivity contribution in [2.24, 2.45) is 17.8 Å². The molecule has 0 saturated carbocycles. The minimum Gasteiger partial charge on any atom is -0.479 e. The molecule has 0 radical (unpaired) electrons. The minimum absolute atomic E-state index is 0.0115. The highest BCUT2D eigenvalue weighted by Crippen LogP contribution is 2.29. The van der Waals surface area contributed by atoms with Gasteiger partial charge in [0.05, 0.1) is 0 Å². The average Bonchev–Trinajstić information content (AvgIpc) is 3.24. The van der Waals surface area contributed by atoms with Crippen molar-refractivity contribution >= 4 is 35.3 Å². The largest absolute Gasteiger partial charge is 0.479 e. The maximum atomic E-state index is 12.8. The zero-order valence-electron chi connectivity index (χ0n) is 25.4. The van der Waals surface area contributed by atoms with Gasteiger partial charge in [-0.1, -0.05) is 33.8 Å². The van der Waals surface area contributed by atoms with Gasteiger partial charge in [0.25, 0.3) is 0 Å². The van der Waals surface area contributed by atoms with Crippen LogP contribution in [0.3, 0.4) is 0 Å². The smallest absolute Gasteiger partial charge is 0.335 e. The fourth-order valence-electron chi connectivity index (χ4n) is 4.99. The first kappa shape index (κ1) is 34.9. The van der Waals surface area contributed by atoms with E-state index in [1.807, 2.05) is 13.8 Å². The van der Waals surface area contributed by atoms with E-state index in [1.165, 1.54) is 6.07 Å². The second-order valence-corrected chi connectivity index (χ2v) is 11.9. The first-order chi connectivity index (χ1) is 20.7. The van der Waals surface area contributed by atoms with Gasteiger partial charge >= 0.3 is 5.97 Å². The number of likely N-dealkylation sites (tertiary alicyclic amines) is 1. The van der Waals surface area contributed by atoms with Crippen molar-refractivity contribution in [2.75, 3.05) is 18.4 Å². The van der Waals surface area contributed by atoms with E-state index in [0.717, 1.165) is 16.9 Å². The Kier molecular flexibility index (Phi) is 12.2. The van der Waals surface area contributed by atoms with Gasteiger partial charge in [-0.15, -0.1) is 0 Å². The molecule has 2 aliphatic heterocycles. The molecule has 1 aromatic rings. The Bertz CT molecular complexity index is 1220. The van der Waals surface area contributed by atoms with Crippen LogP contribution in [0.5, 0.6) is 5.75 Å². The van der Waals surface area contributed by atoms with Gasteiger partial charge in [0.1, 0.15) is 24.1 Å². The van der Waals surface area contributed by atoms with Crippen LogP contribution in [-0.4, -0.2) is 98.7 Å². The van der Waals surface area contributed by atoms with Crippen molar-refractivity contribution in [1.82, 2.24) is 10.2 Å². The van der Waals surface area contributed by atoms with Crippen LogP contribution in [0, 0.1) is 17.8 Å². The standard InChI is InChI=1S/C30H43N3O11/c1-15(2)5-6-17-7-8-18(43-30-26(39)24(37)25(38)27(44-30)29(41)42)13-20(17)32-22(35)9-11-31-21(34)10-12-33-23(36)14-19(16(3)4)28(33)40/h7-8,13,15-16,19,24-27,30,37-39H,5-6,9-12,14H2,1-4H3,(H,31,34)(H,32,35)(H,41,42). The molecule has 0 aromatic heterocycles. The van der Waals surface area contributed by atoms with Gasteiger partial charge in [-0.3, -0.25) is 24.1 Å². The number of benzene rings is 1. The topological polar surface area (TPSA) is 212 Å². The Morgan fingerprint density at radius 1 is 1.02 bits per heavy atom. The van der Waals surface area contributed by atoms with Crippen LogP contribution in [0.4, 0.5) is 5.69 Å². The Labute approximate surface area is 255 Å². The zero-order chi connectivity index (χ0) is 32.7. The van der Waals surface area contributed by atoms with Gasteiger partial charge in [-0.05, 0) is 36.3 Å². The van der Waals surface area contributed by atoms with Crippen LogP contribution in [0.25, 0.3) is 0 Å². The van der Waals surface area contributed by atoms with Crippen LogP contribution in [0.1, 0.15) is 58.9 Å². The number of nitrogens with one attached hydrogen (secondary N) is 2. The maximum Gasteiger partial charge on any atom is 0.335 e. The number of carbonyl (C=O) groups excluding carboxylic acids is 4. The van der Waals surface area contributed by atoms with E-state index < -0.39 is 48.5 Å². The highest BCUT2D eigenvalue weighted by Gasteiger charge is 2.48. The number of anilines is 1. The van der Waals surface area contributed by atoms with Crippen molar-refractivity contribution in [3.63, 3.8) is 0 Å². The second kappa shape index (κ2) is 15.4. The molecule has 44 heavy (non-hydrogen) atoms. The summed E-state index contributed by atoms with van der Waals surface area (Å²) in [6.45, 7) is 7.84. The number of aryl methyl sites for hydroxylation is 1. The summed E-state index contributed by atoms with van der Waals surface area (Å²) in [4.78, 5) is 62.2. The molecule has 2 aliphatic rings. The summed E-state index contributed by atoms with van der Waals surface area (Å²) in [6.07, 6.45) is -7.46. The second-order valence-electron chi connectivity index (χ2n) is 11.9. The predicted molar refractivity (Wildman–Crippen MR) is 155 cm³/mol. The Balaban J connectivity index is 1.58. The van der Waals surface area contributed by atoms with E-state index >= 15 is 0 Å². The summed E-state index contributed by atoms with van der Waals surface area (Å²) < 4.78 is 10.8. The average molecular weight is 622 g/mol. The molecule has 0 bridgehead atoms. The summed E-state index contributed by atoms with van der Waals surface area (Å²) in [5.41, 5.74) is 1.18. The van der Waals surface area contributed by atoms with Gasteiger partial charge in [0, 0.05) is 50.0 Å². The third-order valence-electron chi connectivity index (χ3n) is 7.73. The molecule has 244 valence electrons. The fraction of sp³-hybridized carbons (Fsp3) is 0.633. The number of nitrogens with zero attached hydrogens (tertiary/aromatic N) is 1. The summed E-state index contributed by atoms with van der Waals surface area (Å²) in [5, 5.41) is 45.0. The lowest BCUT2D eigenvalue weighted by molar-refractivity contribution is -0.271. The molecule has 0 spiro atoms. The number of carbonyl (C=O) groups is 5. The van der Waals surface area contributed by atoms with E-state index in [2.05, 4.69) is 24.5 Å².